The molecule has 0 radical (unpaired) electrons. The minimum absolute atomic E-state index is 0.151. The fourth-order valence-electron chi connectivity index (χ4n) is 3.93. The van der Waals surface area contributed by atoms with Crippen molar-refractivity contribution in [2.24, 2.45) is 10.1 Å². The largest absolute Gasteiger partial charge is 0.477 e. The topological polar surface area (TPSA) is 215 Å². The molecule has 0 bridgehead atoms. The molecular weight excluding hydrogens is 574 g/mol. The van der Waals surface area contributed by atoms with E-state index in [2.05, 4.69) is 26.0 Å². The highest BCUT2D eigenvalue weighted by atomic mass is 32.2. The number of aliphatic carboxylic acids is 1. The SMILES string of the molecule is CON=C(C(=O)N[C@@H]1C(=O)N2C(C(=O)O)=C(CSC3=CC=NC4=CN(C(=O)O)NN43)CS[C@H]12)c1csc(N)n1. The minimum Gasteiger partial charge on any atom is -0.477 e. The third-order valence-corrected chi connectivity index (χ3v) is 8.75. The number of nitrogens with two attached hydrogens (primary N) is 1. The molecule has 5 heterocycles. The summed E-state index contributed by atoms with van der Waals surface area (Å²) in [6.45, 7) is 0. The number of hydrogen-bond acceptors (Lipinski definition) is 14. The molecule has 6 N–H and O–H groups in total. The van der Waals surface area contributed by atoms with Crippen molar-refractivity contribution in [2.45, 2.75) is 11.4 Å². The molecule has 2 atom stereocenters. The number of thioether (sulfide) groups is 2. The van der Waals surface area contributed by atoms with Gasteiger partial charge in [-0.25, -0.2) is 24.6 Å². The molecule has 0 aliphatic carbocycles. The van der Waals surface area contributed by atoms with Gasteiger partial charge in [0.25, 0.3) is 11.8 Å². The van der Waals surface area contributed by atoms with Crippen molar-refractivity contribution in [3.8, 4) is 0 Å². The van der Waals surface area contributed by atoms with Gasteiger partial charge in [0.15, 0.2) is 16.7 Å². The van der Waals surface area contributed by atoms with Crippen LogP contribution in [0.2, 0.25) is 0 Å². The summed E-state index contributed by atoms with van der Waals surface area (Å²) in [7, 11) is 1.26. The summed E-state index contributed by atoms with van der Waals surface area (Å²) in [4.78, 5) is 63.5. The van der Waals surface area contributed by atoms with Crippen LogP contribution in [0.15, 0.2) is 49.9 Å². The Morgan fingerprint density at radius 3 is 2.85 bits per heavy atom. The number of carbonyl (C=O) groups is 4. The summed E-state index contributed by atoms with van der Waals surface area (Å²) in [5, 5.41) is 29.5. The number of carbonyl (C=O) groups excluding carboxylic acids is 2. The molecule has 1 fully saturated rings. The first-order valence-electron chi connectivity index (χ1n) is 10.9. The van der Waals surface area contributed by atoms with Gasteiger partial charge < -0.3 is 26.1 Å². The molecule has 0 spiro atoms. The minimum atomic E-state index is -1.27. The number of rotatable bonds is 8. The number of carboxylic acids is 1. The molecule has 4 aliphatic heterocycles. The molecule has 204 valence electrons. The number of thiazole rings is 1. The molecule has 0 unspecified atom stereocenters. The summed E-state index contributed by atoms with van der Waals surface area (Å²) < 4.78 is 0. The number of allylic oxidation sites excluding steroid dienone is 1. The van der Waals surface area contributed by atoms with E-state index in [4.69, 9.17) is 10.6 Å². The zero-order chi connectivity index (χ0) is 27.8. The normalized spacial score (nSPS) is 22.1. The van der Waals surface area contributed by atoms with E-state index in [9.17, 15) is 29.4 Å². The Hall–Kier alpha value is -4.07. The number of oxime groups is 1. The molecule has 1 aromatic rings. The second-order valence-corrected chi connectivity index (χ2v) is 10.9. The number of fused-ring (bicyclic) bond motifs is 2. The van der Waals surface area contributed by atoms with Gasteiger partial charge >= 0.3 is 12.1 Å². The number of carboxylic acid groups (broad SMARTS) is 2. The van der Waals surface area contributed by atoms with Gasteiger partial charge in [0.05, 0.1) is 11.2 Å². The Morgan fingerprint density at radius 1 is 1.38 bits per heavy atom. The molecule has 0 saturated carbocycles. The van der Waals surface area contributed by atoms with Crippen LogP contribution in [0.25, 0.3) is 0 Å². The fraction of sp³-hybridized carbons (Fsp3) is 0.250. The summed E-state index contributed by atoms with van der Waals surface area (Å²) in [5.41, 5.74) is 8.65. The van der Waals surface area contributed by atoms with Crippen LogP contribution in [0.1, 0.15) is 5.69 Å². The van der Waals surface area contributed by atoms with E-state index < -0.39 is 35.3 Å². The maximum Gasteiger partial charge on any atom is 0.427 e. The molecule has 39 heavy (non-hydrogen) atoms. The molecule has 1 aromatic heterocycles. The van der Waals surface area contributed by atoms with Crippen molar-refractivity contribution in [3.05, 3.63) is 45.5 Å². The molecule has 4 aliphatic rings. The van der Waals surface area contributed by atoms with Crippen LogP contribution in [-0.4, -0.2) is 95.9 Å². The van der Waals surface area contributed by atoms with E-state index in [0.717, 1.165) is 21.2 Å². The van der Waals surface area contributed by atoms with Gasteiger partial charge in [0.2, 0.25) is 0 Å². The zero-order valence-electron chi connectivity index (χ0n) is 19.8. The fourth-order valence-corrected chi connectivity index (χ4v) is 6.94. The van der Waals surface area contributed by atoms with Crippen LogP contribution in [0.5, 0.6) is 0 Å². The summed E-state index contributed by atoms with van der Waals surface area (Å²) >= 11 is 3.67. The van der Waals surface area contributed by atoms with Gasteiger partial charge in [-0.3, -0.25) is 14.5 Å². The van der Waals surface area contributed by atoms with Crippen molar-refractivity contribution in [1.82, 2.24) is 30.8 Å². The van der Waals surface area contributed by atoms with Crippen LogP contribution in [0.3, 0.4) is 0 Å². The van der Waals surface area contributed by atoms with Gasteiger partial charge in [-0.05, 0) is 11.6 Å². The van der Waals surface area contributed by atoms with Gasteiger partial charge in [-0.1, -0.05) is 5.16 Å². The van der Waals surface area contributed by atoms with Crippen molar-refractivity contribution in [1.29, 1.82) is 0 Å². The number of nitrogens with one attached hydrogen (secondary N) is 2. The number of aliphatic imine (C=N–C) groups is 1. The third-order valence-electron chi connectivity index (χ3n) is 5.62. The van der Waals surface area contributed by atoms with E-state index >= 15 is 0 Å². The Bertz CT molecular complexity index is 1420. The van der Waals surface area contributed by atoms with Crippen molar-refractivity contribution in [3.63, 3.8) is 0 Å². The van der Waals surface area contributed by atoms with Crippen molar-refractivity contribution in [2.75, 3.05) is 24.3 Å². The number of amides is 3. The smallest absolute Gasteiger partial charge is 0.427 e. The predicted molar refractivity (Wildman–Crippen MR) is 142 cm³/mol. The monoisotopic (exact) mass is 593 g/mol. The Balaban J connectivity index is 1.28. The maximum atomic E-state index is 13.0. The lowest BCUT2D eigenvalue weighted by Gasteiger charge is -2.49. The lowest BCUT2D eigenvalue weighted by molar-refractivity contribution is -0.150. The maximum absolute atomic E-state index is 13.0. The van der Waals surface area contributed by atoms with E-state index in [0.29, 0.717) is 16.4 Å². The first-order chi connectivity index (χ1) is 18.7. The van der Waals surface area contributed by atoms with Crippen LogP contribution in [0.4, 0.5) is 9.93 Å². The first-order valence-corrected chi connectivity index (χ1v) is 13.8. The molecule has 1 saturated heterocycles. The Labute approximate surface area is 231 Å². The molecule has 0 aromatic carbocycles. The second kappa shape index (κ2) is 10.6. The van der Waals surface area contributed by atoms with E-state index in [-0.39, 0.29) is 33.7 Å². The van der Waals surface area contributed by atoms with Gasteiger partial charge in [-0.2, -0.15) is 5.01 Å². The third kappa shape index (κ3) is 4.91. The lowest BCUT2D eigenvalue weighted by atomic mass is 10.0. The Morgan fingerprint density at radius 2 is 2.18 bits per heavy atom. The number of nitrogen functional groups attached to an aromatic ring is 1. The van der Waals surface area contributed by atoms with Gasteiger partial charge in [-0.15, -0.1) is 40.4 Å². The van der Waals surface area contributed by atoms with Crippen LogP contribution < -0.4 is 16.6 Å². The summed E-state index contributed by atoms with van der Waals surface area (Å²) in [5.74, 6) is -1.73. The van der Waals surface area contributed by atoms with Gasteiger partial charge in [0.1, 0.15) is 29.9 Å². The summed E-state index contributed by atoms with van der Waals surface area (Å²) in [6, 6.07) is -0.982. The van der Waals surface area contributed by atoms with Crippen molar-refractivity contribution >= 4 is 75.8 Å². The number of hydrogen-bond donors (Lipinski definition) is 5. The quantitative estimate of drug-likeness (QED) is 0.152. The van der Waals surface area contributed by atoms with Crippen LogP contribution >= 0.6 is 34.9 Å². The average molecular weight is 594 g/mol. The predicted octanol–water partition coefficient (Wildman–Crippen LogP) is -0.0125. The summed E-state index contributed by atoms with van der Waals surface area (Å²) in [6.07, 6.45) is 3.23. The van der Waals surface area contributed by atoms with E-state index in [1.165, 1.54) is 53.4 Å². The molecule has 19 heteroatoms. The highest BCUT2D eigenvalue weighted by molar-refractivity contribution is 8.03. The van der Waals surface area contributed by atoms with E-state index in [1.807, 2.05) is 0 Å². The standard InChI is InChI=1S/C20H19N9O7S3/c1-36-25-12(9-7-39-19(21)23-9)15(30)24-13-16(31)28-14(18(32)33)8(6-38-17(13)28)5-37-11-2-3-22-10-4-27(20(34)35)26-29(10)11/h2-4,7,13,17,26H,5-6H2,1H3,(H2,21,23)(H,24,30)(H,32,33)(H,34,35)/t13-,17-/m1/s1. The molecule has 3 amide bonds. The zero-order valence-corrected chi connectivity index (χ0v) is 22.2. The molecule has 5 rings (SSSR count). The Kier molecular flexibility index (Phi) is 7.21. The number of nitrogens with zero attached hydrogens (tertiary/aromatic N) is 6. The number of anilines is 1. The number of hydrazine groups is 2. The van der Waals surface area contributed by atoms with Crippen molar-refractivity contribution < 1.29 is 34.2 Å². The highest BCUT2D eigenvalue weighted by Crippen LogP contribution is 2.42. The average Bonchev–Trinajstić information content (AvgIpc) is 3.55. The highest BCUT2D eigenvalue weighted by Gasteiger charge is 2.54. The van der Waals surface area contributed by atoms with Gasteiger partial charge in [0, 0.05) is 23.1 Å². The van der Waals surface area contributed by atoms with E-state index in [1.54, 1.807) is 6.08 Å². The second-order valence-electron chi connectivity index (χ2n) is 7.96. The lowest BCUT2D eigenvalue weighted by Crippen LogP contribution is -2.71. The van der Waals surface area contributed by atoms with Crippen LogP contribution in [-0.2, 0) is 19.2 Å². The van der Waals surface area contributed by atoms with Crippen LogP contribution in [0, 0.1) is 0 Å². The first kappa shape index (κ1) is 26.5. The number of β-lactam (4-membered cyclic amide) rings is 1. The number of aromatic nitrogens is 1. The molecule has 16 nitrogen and oxygen atoms in total. The molecular formula is C20H19N9O7S3.